The van der Waals surface area contributed by atoms with Gasteiger partial charge in [0.05, 0.1) is 47.0 Å². The van der Waals surface area contributed by atoms with Crippen LogP contribution in [0.5, 0.6) is 0 Å². The molecule has 1 saturated carbocycles. The Morgan fingerprint density at radius 3 is 1.77 bits per heavy atom. The van der Waals surface area contributed by atoms with Crippen LogP contribution in [-0.4, -0.2) is 115 Å². The van der Waals surface area contributed by atoms with Crippen LogP contribution in [0.2, 0.25) is 0 Å². The Balaban J connectivity index is 1.31. The summed E-state index contributed by atoms with van der Waals surface area (Å²) in [5.74, 6) is -5.37. The molecule has 394 valence electrons. The van der Waals surface area contributed by atoms with E-state index in [1.807, 2.05) is 27.7 Å². The second-order valence-corrected chi connectivity index (χ2v) is 19.3. The molecule has 14 atom stereocenters. The second kappa shape index (κ2) is 26.0. The lowest BCUT2D eigenvalue weighted by Crippen LogP contribution is -2.72. The minimum atomic E-state index is -2.29. The van der Waals surface area contributed by atoms with Crippen molar-refractivity contribution in [1.29, 1.82) is 0 Å². The zero-order valence-electron chi connectivity index (χ0n) is 42.3. The Morgan fingerprint density at radius 2 is 1.23 bits per heavy atom. The van der Waals surface area contributed by atoms with E-state index in [4.69, 9.17) is 37.9 Å². The van der Waals surface area contributed by atoms with E-state index in [1.165, 1.54) is 0 Å². The number of aliphatic hydroxyl groups is 1. The average Bonchev–Trinajstić information content (AvgIpc) is 3.42. The van der Waals surface area contributed by atoms with Crippen LogP contribution in [0.15, 0.2) is 126 Å². The summed E-state index contributed by atoms with van der Waals surface area (Å²) in [7, 11) is 0. The van der Waals surface area contributed by atoms with Crippen LogP contribution in [0.1, 0.15) is 115 Å². The number of amides is 1. The lowest BCUT2D eigenvalue weighted by molar-refractivity contribution is -0.341. The zero-order chi connectivity index (χ0) is 52.8. The number of hydrogen-bond donors (Lipinski definition) is 2. The van der Waals surface area contributed by atoms with E-state index >= 15 is 0 Å². The van der Waals surface area contributed by atoms with Crippen LogP contribution in [-0.2, 0) is 42.7 Å². The maximum absolute atomic E-state index is 14.6. The van der Waals surface area contributed by atoms with Gasteiger partial charge in [-0.25, -0.2) is 19.2 Å². The zero-order valence-corrected chi connectivity index (χ0v) is 42.3. The number of carbonyl (C=O) groups excluding carboxylic acids is 5. The molecule has 1 aliphatic carbocycles. The van der Waals surface area contributed by atoms with E-state index in [-0.39, 0.29) is 47.1 Å². The SMILES string of the molecule is CCC[C@H](OC(=O)c1ccccc1)C(=O)N[C@@H]1C[C@H](C)C(O[C@H]2OC(CC)CCC2C)C(O)(CN=[N+]=[N-])[C@H]1O[C@H]1OC(COC(=O)c2ccccc2)[C@@H](OC(=O)c2ccccc2)[C@H](C)C1OC(=O)c1ccccc1. The summed E-state index contributed by atoms with van der Waals surface area (Å²) in [6.45, 7) is 8.14. The molecular weight excluding hydrogens is 953 g/mol. The number of rotatable bonds is 20. The summed E-state index contributed by atoms with van der Waals surface area (Å²) in [6.07, 6.45) is -7.74. The van der Waals surface area contributed by atoms with Gasteiger partial charge in [0.2, 0.25) is 0 Å². The molecule has 74 heavy (non-hydrogen) atoms. The van der Waals surface area contributed by atoms with Crippen molar-refractivity contribution in [2.75, 3.05) is 13.2 Å². The molecule has 6 unspecified atom stereocenters. The largest absolute Gasteiger partial charge is 0.459 e. The van der Waals surface area contributed by atoms with Crippen LogP contribution in [0.3, 0.4) is 0 Å². The highest BCUT2D eigenvalue weighted by molar-refractivity contribution is 5.93. The van der Waals surface area contributed by atoms with Gasteiger partial charge in [-0.2, -0.15) is 0 Å². The van der Waals surface area contributed by atoms with Gasteiger partial charge in [-0.15, -0.1) is 0 Å². The van der Waals surface area contributed by atoms with E-state index in [0.717, 1.165) is 12.8 Å². The molecule has 2 N–H and O–H groups in total. The number of hydrogen-bond acceptors (Lipinski definition) is 15. The molecular formula is C56H66N4O14. The summed E-state index contributed by atoms with van der Waals surface area (Å²) >= 11 is 0. The second-order valence-electron chi connectivity index (χ2n) is 19.3. The highest BCUT2D eigenvalue weighted by Gasteiger charge is 2.59. The molecule has 3 fully saturated rings. The lowest BCUT2D eigenvalue weighted by Gasteiger charge is -2.54. The van der Waals surface area contributed by atoms with Gasteiger partial charge >= 0.3 is 23.9 Å². The number of esters is 4. The molecule has 0 aromatic heterocycles. The predicted octanol–water partition coefficient (Wildman–Crippen LogP) is 8.57. The molecule has 4 aromatic rings. The number of carbonyl (C=O) groups is 5. The third kappa shape index (κ3) is 13.5. The molecule has 2 saturated heterocycles. The van der Waals surface area contributed by atoms with Crippen LogP contribution >= 0.6 is 0 Å². The molecule has 2 aliphatic heterocycles. The van der Waals surface area contributed by atoms with Crippen LogP contribution in [0.25, 0.3) is 10.4 Å². The average molecular weight is 1020 g/mol. The van der Waals surface area contributed by atoms with Crippen molar-refractivity contribution in [3.8, 4) is 0 Å². The summed E-state index contributed by atoms with van der Waals surface area (Å²) in [5.41, 5.74) is 8.42. The Morgan fingerprint density at radius 1 is 0.703 bits per heavy atom. The molecule has 0 spiro atoms. The van der Waals surface area contributed by atoms with Gasteiger partial charge in [0.15, 0.2) is 24.8 Å². The maximum Gasteiger partial charge on any atom is 0.338 e. The van der Waals surface area contributed by atoms with Crippen molar-refractivity contribution in [3.63, 3.8) is 0 Å². The Kier molecular flexibility index (Phi) is 19.4. The first-order valence-electron chi connectivity index (χ1n) is 25.4. The Bertz CT molecular complexity index is 2530. The van der Waals surface area contributed by atoms with Gasteiger partial charge in [0.1, 0.15) is 30.5 Å². The predicted molar refractivity (Wildman–Crippen MR) is 268 cm³/mol. The smallest absolute Gasteiger partial charge is 0.338 e. The normalized spacial score (nSPS) is 29.1. The summed E-state index contributed by atoms with van der Waals surface area (Å²) in [5, 5.41) is 20.3. The monoisotopic (exact) mass is 1020 g/mol. The molecule has 4 aromatic carbocycles. The highest BCUT2D eigenvalue weighted by atomic mass is 16.7. The van der Waals surface area contributed by atoms with E-state index in [9.17, 15) is 34.6 Å². The lowest BCUT2D eigenvalue weighted by atomic mass is 9.71. The number of azide groups is 1. The van der Waals surface area contributed by atoms with Crippen LogP contribution in [0, 0.1) is 17.8 Å². The fourth-order valence-corrected chi connectivity index (χ4v) is 9.90. The topological polar surface area (TPSA) is 240 Å². The molecule has 1 amide bonds. The van der Waals surface area contributed by atoms with Gasteiger partial charge in [-0.1, -0.05) is 119 Å². The van der Waals surface area contributed by atoms with Crippen molar-refractivity contribution in [2.24, 2.45) is 22.9 Å². The van der Waals surface area contributed by atoms with Crippen molar-refractivity contribution in [1.82, 2.24) is 5.32 Å². The van der Waals surface area contributed by atoms with Crippen molar-refractivity contribution in [2.45, 2.75) is 140 Å². The van der Waals surface area contributed by atoms with Gasteiger partial charge < -0.3 is 48.3 Å². The third-order valence-electron chi connectivity index (χ3n) is 13.9. The fraction of sp³-hybridized carbons (Fsp3) is 0.482. The summed E-state index contributed by atoms with van der Waals surface area (Å²) < 4.78 is 51.1. The van der Waals surface area contributed by atoms with E-state index < -0.39 is 116 Å². The fourth-order valence-electron chi connectivity index (χ4n) is 9.90. The number of nitrogens with zero attached hydrogens (tertiary/aromatic N) is 3. The molecule has 0 bridgehead atoms. The third-order valence-corrected chi connectivity index (χ3v) is 13.9. The van der Waals surface area contributed by atoms with Gasteiger partial charge in [0, 0.05) is 16.7 Å². The van der Waals surface area contributed by atoms with E-state index in [1.54, 1.807) is 128 Å². The van der Waals surface area contributed by atoms with Crippen LogP contribution < -0.4 is 5.32 Å². The van der Waals surface area contributed by atoms with Crippen molar-refractivity contribution < 1.29 is 67.0 Å². The van der Waals surface area contributed by atoms with E-state index in [0.29, 0.717) is 12.8 Å². The first kappa shape index (κ1) is 55.1. The maximum atomic E-state index is 14.6. The first-order valence-corrected chi connectivity index (χ1v) is 25.4. The molecule has 7 rings (SSSR count). The molecule has 2 heterocycles. The number of benzene rings is 4. The molecule has 3 aliphatic rings. The minimum Gasteiger partial charge on any atom is -0.459 e. The molecule has 0 radical (unpaired) electrons. The summed E-state index contributed by atoms with van der Waals surface area (Å²) in [4.78, 5) is 72.6. The van der Waals surface area contributed by atoms with E-state index in [2.05, 4.69) is 15.3 Å². The van der Waals surface area contributed by atoms with Crippen molar-refractivity contribution >= 4 is 29.8 Å². The highest BCUT2D eigenvalue weighted by Crippen LogP contribution is 2.43. The summed E-state index contributed by atoms with van der Waals surface area (Å²) in [6, 6.07) is 31.6. The van der Waals surface area contributed by atoms with Crippen LogP contribution in [0.4, 0.5) is 0 Å². The minimum absolute atomic E-state index is 0.0790. The Labute approximate surface area is 430 Å². The van der Waals surface area contributed by atoms with Gasteiger partial charge in [0.25, 0.3) is 5.91 Å². The van der Waals surface area contributed by atoms with Gasteiger partial charge in [-0.05, 0) is 92.1 Å². The van der Waals surface area contributed by atoms with Crippen molar-refractivity contribution in [3.05, 3.63) is 154 Å². The first-order chi connectivity index (χ1) is 35.7. The number of nitrogens with one attached hydrogen (secondary N) is 1. The quantitative estimate of drug-likeness (QED) is 0.0277. The number of ether oxygens (including phenoxy) is 8. The molecule has 18 heteroatoms. The van der Waals surface area contributed by atoms with Gasteiger partial charge in [-0.3, -0.25) is 4.79 Å². The Hall–Kier alpha value is -6.66. The standard InChI is InChI=1S/C56H66N4O14/c1-6-20-43(69-51(63)38-23-14-9-15-24-38)49(61)59-42-31-35(4)47(73-54-34(3)29-30-41(7-2)68-54)56(66,33-58-60-57)48(42)74-55-46(72-53(65)40-27-18-11-19-28-40)36(5)45(71-52(64)39-25-16-10-17-26-39)44(70-55)32-67-50(62)37-21-12-8-13-22-37/h8-19,21-28,34-36,41-48,54-55,66H,6-7,20,29-33H2,1-5H3,(H,59,61)/t34?,35-,36-,41?,42+,43-,44?,45-,46?,47?,48-,54+,55+,56?/m0/s1. The molecule has 18 nitrogen and oxygen atoms in total.